The predicted octanol–water partition coefficient (Wildman–Crippen LogP) is 2.64. The molecule has 2 atom stereocenters. The average Bonchev–Trinajstić information content (AvgIpc) is 2.19. The molecule has 1 N–H and O–H groups in total. The minimum atomic E-state index is -1.01. The molecule has 0 unspecified atom stereocenters. The number of ether oxygens (including phenoxy) is 1. The molecule has 0 spiro atoms. The first-order chi connectivity index (χ1) is 6.56. The molecule has 0 bridgehead atoms. The van der Waals surface area contributed by atoms with Gasteiger partial charge in [-0.05, 0) is 26.2 Å². The van der Waals surface area contributed by atoms with Crippen LogP contribution in [-0.2, 0) is 4.74 Å². The maximum atomic E-state index is 9.85. The van der Waals surface area contributed by atoms with Crippen LogP contribution in [0.4, 0.5) is 0 Å². The maximum absolute atomic E-state index is 9.85. The van der Waals surface area contributed by atoms with Gasteiger partial charge >= 0.3 is 0 Å². The zero-order chi connectivity index (χ0) is 10.6. The highest BCUT2D eigenvalue weighted by Crippen LogP contribution is 2.27. The Bertz CT molecular complexity index is 239. The summed E-state index contributed by atoms with van der Waals surface area (Å²) in [6.07, 6.45) is 9.54. The van der Waals surface area contributed by atoms with Gasteiger partial charge in [0.25, 0.3) is 0 Å². The summed E-state index contributed by atoms with van der Waals surface area (Å²) >= 11 is 0. The van der Waals surface area contributed by atoms with Crippen molar-refractivity contribution >= 4 is 0 Å². The molecule has 0 aromatic rings. The lowest BCUT2D eigenvalue weighted by molar-refractivity contribution is -0.203. The van der Waals surface area contributed by atoms with Crippen LogP contribution in [0.15, 0.2) is 23.8 Å². The second kappa shape index (κ2) is 4.76. The molecule has 0 radical (unpaired) electrons. The Morgan fingerprint density at radius 2 is 2.36 bits per heavy atom. The Balaban J connectivity index is 2.51. The Labute approximate surface area is 86.3 Å². The lowest BCUT2D eigenvalue weighted by Crippen LogP contribution is -2.35. The molecule has 0 saturated heterocycles. The van der Waals surface area contributed by atoms with Crippen molar-refractivity contribution in [1.29, 1.82) is 0 Å². The summed E-state index contributed by atoms with van der Waals surface area (Å²) in [7, 11) is 1.55. The minimum Gasteiger partial charge on any atom is -0.365 e. The molecule has 0 aliphatic heterocycles. The quantitative estimate of drug-likeness (QED) is 0.700. The fourth-order valence-corrected chi connectivity index (χ4v) is 1.61. The summed E-state index contributed by atoms with van der Waals surface area (Å²) < 4.78 is 5.05. The van der Waals surface area contributed by atoms with Gasteiger partial charge in [0.15, 0.2) is 5.79 Å². The van der Waals surface area contributed by atoms with E-state index in [2.05, 4.69) is 18.2 Å². The van der Waals surface area contributed by atoms with E-state index in [1.165, 1.54) is 5.57 Å². The van der Waals surface area contributed by atoms with Crippen molar-refractivity contribution < 1.29 is 9.84 Å². The first-order valence-corrected chi connectivity index (χ1v) is 5.18. The molecular formula is C12H20O2. The van der Waals surface area contributed by atoms with Crippen molar-refractivity contribution in [3.63, 3.8) is 0 Å². The van der Waals surface area contributed by atoms with Crippen molar-refractivity contribution in [1.82, 2.24) is 0 Å². The third-order valence-electron chi connectivity index (χ3n) is 3.00. The van der Waals surface area contributed by atoms with E-state index < -0.39 is 5.79 Å². The third-order valence-corrected chi connectivity index (χ3v) is 3.00. The van der Waals surface area contributed by atoms with Gasteiger partial charge in [-0.25, -0.2) is 0 Å². The third kappa shape index (κ3) is 2.96. The largest absolute Gasteiger partial charge is 0.365 e. The van der Waals surface area contributed by atoms with Gasteiger partial charge in [-0.2, -0.15) is 0 Å². The molecule has 0 heterocycles. The summed E-state index contributed by atoms with van der Waals surface area (Å²) in [5.74, 6) is -0.882. The fourth-order valence-electron chi connectivity index (χ4n) is 1.61. The molecule has 1 rings (SSSR count). The molecule has 2 heteroatoms. The van der Waals surface area contributed by atoms with Gasteiger partial charge in [0.05, 0.1) is 0 Å². The van der Waals surface area contributed by atoms with Crippen LogP contribution in [-0.4, -0.2) is 18.0 Å². The molecule has 0 amide bonds. The Morgan fingerprint density at radius 3 is 2.86 bits per heavy atom. The zero-order valence-corrected chi connectivity index (χ0v) is 9.29. The van der Waals surface area contributed by atoms with Gasteiger partial charge < -0.3 is 9.84 Å². The van der Waals surface area contributed by atoms with E-state index >= 15 is 0 Å². The summed E-state index contributed by atoms with van der Waals surface area (Å²) in [5.41, 5.74) is 1.40. The van der Waals surface area contributed by atoms with Crippen LogP contribution in [0.5, 0.6) is 0 Å². The van der Waals surface area contributed by atoms with E-state index in [4.69, 9.17) is 4.74 Å². The summed E-state index contributed by atoms with van der Waals surface area (Å²) in [6, 6.07) is 0. The first kappa shape index (κ1) is 11.5. The van der Waals surface area contributed by atoms with Gasteiger partial charge in [-0.15, -0.1) is 0 Å². The van der Waals surface area contributed by atoms with Crippen LogP contribution < -0.4 is 0 Å². The van der Waals surface area contributed by atoms with Gasteiger partial charge in [0.2, 0.25) is 0 Å². The number of hydrogen-bond donors (Lipinski definition) is 1. The number of allylic oxidation sites excluding steroid dienone is 4. The van der Waals surface area contributed by atoms with Crippen LogP contribution >= 0.6 is 0 Å². The molecule has 2 nitrogen and oxygen atoms in total. The second-order valence-corrected chi connectivity index (χ2v) is 4.16. The molecule has 0 saturated carbocycles. The van der Waals surface area contributed by atoms with Crippen LogP contribution in [0.1, 0.15) is 33.1 Å². The van der Waals surface area contributed by atoms with E-state index in [-0.39, 0.29) is 5.92 Å². The van der Waals surface area contributed by atoms with Crippen molar-refractivity contribution in [2.75, 3.05) is 7.11 Å². The predicted molar refractivity (Wildman–Crippen MR) is 57.9 cm³/mol. The lowest BCUT2D eigenvalue weighted by Gasteiger charge is -2.29. The smallest absolute Gasteiger partial charge is 0.165 e. The van der Waals surface area contributed by atoms with Crippen LogP contribution in [0, 0.1) is 5.92 Å². The molecule has 0 aromatic heterocycles. The number of methoxy groups -OCH3 is 1. The fraction of sp³-hybridized carbons (Fsp3) is 0.667. The van der Waals surface area contributed by atoms with Crippen molar-refractivity contribution in [3.8, 4) is 0 Å². The Hall–Kier alpha value is -0.600. The number of aliphatic hydroxyl groups is 1. The minimum absolute atomic E-state index is 0.130. The number of hydrogen-bond acceptors (Lipinski definition) is 2. The van der Waals surface area contributed by atoms with E-state index in [1.807, 2.05) is 6.92 Å². The standard InChI is InChI=1S/C12H20O2/c1-10(12(2,13)14-3)9-11-7-5-4-6-8-11/h4-5,7,10,13H,6,8-9H2,1-3H3/t10-,12-/m0/s1. The van der Waals surface area contributed by atoms with Crippen LogP contribution in [0.25, 0.3) is 0 Å². The van der Waals surface area contributed by atoms with Crippen LogP contribution in [0.2, 0.25) is 0 Å². The van der Waals surface area contributed by atoms with Gasteiger partial charge in [-0.1, -0.05) is 30.7 Å². The number of rotatable bonds is 4. The first-order valence-electron chi connectivity index (χ1n) is 5.18. The van der Waals surface area contributed by atoms with Crippen LogP contribution in [0.3, 0.4) is 0 Å². The van der Waals surface area contributed by atoms with Gasteiger partial charge in [0, 0.05) is 13.0 Å². The topological polar surface area (TPSA) is 29.5 Å². The molecule has 80 valence electrons. The molecule has 1 aliphatic carbocycles. The van der Waals surface area contributed by atoms with E-state index in [1.54, 1.807) is 14.0 Å². The maximum Gasteiger partial charge on any atom is 0.165 e. The zero-order valence-electron chi connectivity index (χ0n) is 9.29. The molecule has 1 aliphatic rings. The summed E-state index contributed by atoms with van der Waals surface area (Å²) in [5, 5.41) is 9.85. The lowest BCUT2D eigenvalue weighted by atomic mass is 9.90. The van der Waals surface area contributed by atoms with E-state index in [9.17, 15) is 5.11 Å². The molecular weight excluding hydrogens is 176 g/mol. The molecule has 0 aromatic carbocycles. The van der Waals surface area contributed by atoms with Crippen molar-refractivity contribution in [2.45, 2.75) is 38.9 Å². The Kier molecular flexibility index (Phi) is 3.90. The molecule has 14 heavy (non-hydrogen) atoms. The van der Waals surface area contributed by atoms with E-state index in [0.29, 0.717) is 0 Å². The summed E-state index contributed by atoms with van der Waals surface area (Å²) in [4.78, 5) is 0. The van der Waals surface area contributed by atoms with Crippen molar-refractivity contribution in [2.24, 2.45) is 5.92 Å². The summed E-state index contributed by atoms with van der Waals surface area (Å²) in [6.45, 7) is 3.74. The normalized spacial score (nSPS) is 22.7. The highest BCUT2D eigenvalue weighted by Gasteiger charge is 2.28. The van der Waals surface area contributed by atoms with Gasteiger partial charge in [-0.3, -0.25) is 0 Å². The van der Waals surface area contributed by atoms with Crippen molar-refractivity contribution in [3.05, 3.63) is 23.8 Å². The van der Waals surface area contributed by atoms with Gasteiger partial charge in [0.1, 0.15) is 0 Å². The molecule has 0 fully saturated rings. The SMILES string of the molecule is CO[C@](C)(O)[C@@H](C)CC1=CC=CCC1. The van der Waals surface area contributed by atoms with E-state index in [0.717, 1.165) is 19.3 Å². The highest BCUT2D eigenvalue weighted by atomic mass is 16.6. The Morgan fingerprint density at radius 1 is 1.64 bits per heavy atom. The average molecular weight is 196 g/mol. The highest BCUT2D eigenvalue weighted by molar-refractivity contribution is 5.18. The second-order valence-electron chi connectivity index (χ2n) is 4.16. The monoisotopic (exact) mass is 196 g/mol.